The average Bonchev–Trinajstić information content (AvgIpc) is 2.73. The van der Waals surface area contributed by atoms with Gasteiger partial charge in [0.05, 0.1) is 17.0 Å². The fourth-order valence-corrected chi connectivity index (χ4v) is 3.06. The number of hydrogen-bond donors (Lipinski definition) is 0. The molecule has 0 fully saturated rings. The fraction of sp³-hybridized carbons (Fsp3) is 0. The van der Waals surface area contributed by atoms with E-state index in [2.05, 4.69) is 4.98 Å². The predicted molar refractivity (Wildman–Crippen MR) is 105 cm³/mol. The normalized spacial score (nSPS) is 10.6. The highest BCUT2D eigenvalue weighted by Crippen LogP contribution is 2.31. The largest absolute Gasteiger partial charge is 0.298 e. The monoisotopic (exact) mass is 354 g/mol. The molecule has 0 atom stereocenters. The zero-order valence-electron chi connectivity index (χ0n) is 14.3. The van der Waals surface area contributed by atoms with Crippen molar-refractivity contribution in [3.05, 3.63) is 108 Å². The molecule has 4 rings (SSSR count). The Morgan fingerprint density at radius 2 is 1.52 bits per heavy atom. The van der Waals surface area contributed by atoms with Crippen molar-refractivity contribution >= 4 is 28.5 Å². The maximum atomic E-state index is 14.5. The SMILES string of the molecule is O=Cc1c(F)cc(N=C(c2ccccc2)c2ccccc2)c2cnccc12. The van der Waals surface area contributed by atoms with Crippen molar-refractivity contribution in [1.82, 2.24) is 4.98 Å². The summed E-state index contributed by atoms with van der Waals surface area (Å²) in [7, 11) is 0. The van der Waals surface area contributed by atoms with Crippen LogP contribution in [0, 0.1) is 5.82 Å². The molecule has 0 aliphatic heterocycles. The Balaban J connectivity index is 2.01. The van der Waals surface area contributed by atoms with E-state index in [1.54, 1.807) is 12.3 Å². The molecule has 130 valence electrons. The van der Waals surface area contributed by atoms with Crippen LogP contribution in [0.3, 0.4) is 0 Å². The van der Waals surface area contributed by atoms with Crippen LogP contribution in [0.4, 0.5) is 10.1 Å². The van der Waals surface area contributed by atoms with Crippen molar-refractivity contribution < 1.29 is 9.18 Å². The third-order valence-electron chi connectivity index (χ3n) is 4.35. The predicted octanol–water partition coefficient (Wildman–Crippen LogP) is 5.36. The summed E-state index contributed by atoms with van der Waals surface area (Å²) < 4.78 is 14.5. The summed E-state index contributed by atoms with van der Waals surface area (Å²) in [5, 5.41) is 1.13. The summed E-state index contributed by atoms with van der Waals surface area (Å²) in [5.41, 5.74) is 3.01. The van der Waals surface area contributed by atoms with Crippen LogP contribution in [0.25, 0.3) is 10.8 Å². The van der Waals surface area contributed by atoms with Crippen LogP contribution in [0.5, 0.6) is 0 Å². The minimum atomic E-state index is -0.595. The van der Waals surface area contributed by atoms with Crippen molar-refractivity contribution in [3.63, 3.8) is 0 Å². The number of aromatic nitrogens is 1. The highest BCUT2D eigenvalue weighted by Gasteiger charge is 2.13. The zero-order chi connectivity index (χ0) is 18.6. The number of halogens is 1. The summed E-state index contributed by atoms with van der Waals surface area (Å²) in [6.45, 7) is 0. The summed E-state index contributed by atoms with van der Waals surface area (Å²) in [5.74, 6) is -0.595. The van der Waals surface area contributed by atoms with Crippen molar-refractivity contribution in [2.24, 2.45) is 4.99 Å². The maximum absolute atomic E-state index is 14.5. The van der Waals surface area contributed by atoms with E-state index in [0.717, 1.165) is 16.8 Å². The number of aliphatic imine (C=N–C) groups is 1. The number of hydrogen-bond acceptors (Lipinski definition) is 3. The number of carbonyl (C=O) groups excluding carboxylic acids is 1. The first-order valence-corrected chi connectivity index (χ1v) is 8.49. The molecule has 0 bridgehead atoms. The molecule has 0 aliphatic rings. The molecule has 0 unspecified atom stereocenters. The molecule has 4 aromatic rings. The first kappa shape index (κ1) is 16.8. The maximum Gasteiger partial charge on any atom is 0.153 e. The van der Waals surface area contributed by atoms with Crippen molar-refractivity contribution in [3.8, 4) is 0 Å². The lowest BCUT2D eigenvalue weighted by Gasteiger charge is -2.10. The Kier molecular flexibility index (Phi) is 4.54. The van der Waals surface area contributed by atoms with E-state index in [1.807, 2.05) is 60.7 Å². The smallest absolute Gasteiger partial charge is 0.153 e. The van der Waals surface area contributed by atoms with Crippen LogP contribution < -0.4 is 0 Å². The topological polar surface area (TPSA) is 42.3 Å². The van der Waals surface area contributed by atoms with Crippen molar-refractivity contribution in [1.29, 1.82) is 0 Å². The van der Waals surface area contributed by atoms with Gasteiger partial charge in [-0.2, -0.15) is 0 Å². The molecule has 0 aliphatic carbocycles. The third kappa shape index (κ3) is 3.25. The van der Waals surface area contributed by atoms with Gasteiger partial charge in [-0.05, 0) is 6.07 Å². The Morgan fingerprint density at radius 1 is 0.889 bits per heavy atom. The second-order valence-corrected chi connectivity index (χ2v) is 6.02. The minimum absolute atomic E-state index is 0.0207. The molecule has 0 N–H and O–H groups in total. The molecular formula is C23H15FN2O. The summed E-state index contributed by atoms with van der Waals surface area (Å²) in [4.78, 5) is 20.2. The van der Waals surface area contributed by atoms with Gasteiger partial charge in [0.15, 0.2) is 6.29 Å². The highest BCUT2D eigenvalue weighted by molar-refractivity contribution is 6.15. The average molecular weight is 354 g/mol. The van der Waals surface area contributed by atoms with Crippen LogP contribution in [-0.4, -0.2) is 17.0 Å². The second-order valence-electron chi connectivity index (χ2n) is 6.02. The van der Waals surface area contributed by atoms with E-state index >= 15 is 0 Å². The van der Waals surface area contributed by atoms with Gasteiger partial charge >= 0.3 is 0 Å². The number of nitrogens with zero attached hydrogens (tertiary/aromatic N) is 2. The number of rotatable bonds is 4. The molecule has 0 amide bonds. The molecule has 27 heavy (non-hydrogen) atoms. The Labute approximate surface area is 155 Å². The van der Waals surface area contributed by atoms with Crippen molar-refractivity contribution in [2.75, 3.05) is 0 Å². The Morgan fingerprint density at radius 3 is 2.11 bits per heavy atom. The molecule has 0 saturated carbocycles. The van der Waals surface area contributed by atoms with E-state index in [4.69, 9.17) is 4.99 Å². The standard InChI is InChI=1S/C23H15FN2O/c24-21-13-22(19-14-25-12-11-18(19)20(21)15-27)26-23(16-7-3-1-4-8-16)17-9-5-2-6-10-17/h1-15H. The van der Waals surface area contributed by atoms with Crippen LogP contribution in [0.2, 0.25) is 0 Å². The number of fused-ring (bicyclic) bond motifs is 1. The molecule has 0 spiro atoms. The van der Waals surface area contributed by atoms with Gasteiger partial charge in [0.1, 0.15) is 5.82 Å². The zero-order valence-corrected chi connectivity index (χ0v) is 14.3. The van der Waals surface area contributed by atoms with Gasteiger partial charge in [0.2, 0.25) is 0 Å². The van der Waals surface area contributed by atoms with Crippen molar-refractivity contribution in [2.45, 2.75) is 0 Å². The van der Waals surface area contributed by atoms with Gasteiger partial charge in [-0.15, -0.1) is 0 Å². The molecular weight excluding hydrogens is 339 g/mol. The van der Waals surface area contributed by atoms with Crippen LogP contribution in [-0.2, 0) is 0 Å². The summed E-state index contributed by atoms with van der Waals surface area (Å²) >= 11 is 0. The number of pyridine rings is 1. The van der Waals surface area contributed by atoms with Crippen LogP contribution in [0.15, 0.2) is 90.2 Å². The van der Waals surface area contributed by atoms with E-state index < -0.39 is 5.82 Å². The van der Waals surface area contributed by atoms with Gasteiger partial charge in [-0.1, -0.05) is 60.7 Å². The number of aldehydes is 1. The number of carbonyl (C=O) groups is 1. The molecule has 3 nitrogen and oxygen atoms in total. The van der Waals surface area contributed by atoms with Gasteiger partial charge in [-0.25, -0.2) is 9.38 Å². The third-order valence-corrected chi connectivity index (χ3v) is 4.35. The Hall–Kier alpha value is -3.66. The minimum Gasteiger partial charge on any atom is -0.298 e. The first-order chi connectivity index (χ1) is 13.3. The molecule has 1 aromatic heterocycles. The molecule has 0 radical (unpaired) electrons. The molecule has 1 heterocycles. The second kappa shape index (κ2) is 7.30. The van der Waals surface area contributed by atoms with E-state index in [1.165, 1.54) is 12.3 Å². The molecule has 4 heteroatoms. The van der Waals surface area contributed by atoms with Gasteiger partial charge in [-0.3, -0.25) is 9.78 Å². The lowest BCUT2D eigenvalue weighted by Crippen LogP contribution is -2.03. The fourth-order valence-electron chi connectivity index (χ4n) is 3.06. The quantitative estimate of drug-likeness (QED) is 0.366. The lowest BCUT2D eigenvalue weighted by atomic mass is 10.0. The van der Waals surface area contributed by atoms with Crippen LogP contribution in [0.1, 0.15) is 21.5 Å². The van der Waals surface area contributed by atoms with Gasteiger partial charge < -0.3 is 0 Å². The Bertz CT molecular complexity index is 1100. The summed E-state index contributed by atoms with van der Waals surface area (Å²) in [6.07, 6.45) is 3.67. The first-order valence-electron chi connectivity index (χ1n) is 8.49. The summed E-state index contributed by atoms with van der Waals surface area (Å²) in [6, 6.07) is 22.4. The van der Waals surface area contributed by atoms with E-state index in [0.29, 0.717) is 22.7 Å². The molecule has 0 saturated heterocycles. The van der Waals surface area contributed by atoms with E-state index in [9.17, 15) is 9.18 Å². The van der Waals surface area contributed by atoms with Crippen LogP contribution >= 0.6 is 0 Å². The van der Waals surface area contributed by atoms with Gasteiger partial charge in [0.25, 0.3) is 0 Å². The number of benzene rings is 3. The van der Waals surface area contributed by atoms with Gasteiger partial charge in [0, 0.05) is 40.4 Å². The van der Waals surface area contributed by atoms with E-state index in [-0.39, 0.29) is 5.56 Å². The molecule has 3 aromatic carbocycles. The highest BCUT2D eigenvalue weighted by atomic mass is 19.1. The lowest BCUT2D eigenvalue weighted by molar-refractivity contribution is 0.112.